The lowest BCUT2D eigenvalue weighted by molar-refractivity contribution is -0.116. The van der Waals surface area contributed by atoms with Crippen LogP contribution in [0, 0.1) is 11.3 Å². The van der Waals surface area contributed by atoms with Gasteiger partial charge in [0.1, 0.15) is 29.9 Å². The van der Waals surface area contributed by atoms with Gasteiger partial charge in [0, 0.05) is 18.5 Å². The van der Waals surface area contributed by atoms with Gasteiger partial charge >= 0.3 is 0 Å². The maximum absolute atomic E-state index is 13.4. The lowest BCUT2D eigenvalue weighted by Crippen LogP contribution is -2.36. The van der Waals surface area contributed by atoms with Crippen LogP contribution in [0.4, 0.5) is 14.6 Å². The monoisotopic (exact) mass is 574 g/mol. The van der Waals surface area contributed by atoms with Gasteiger partial charge in [0.05, 0.1) is 35.1 Å². The molecule has 2 saturated heterocycles. The van der Waals surface area contributed by atoms with Gasteiger partial charge in [-0.25, -0.2) is 27.2 Å². The number of anilines is 1. The minimum Gasteiger partial charge on any atom is -0.371 e. The highest BCUT2D eigenvalue weighted by Crippen LogP contribution is 2.40. The molecule has 0 spiro atoms. The Morgan fingerprint density at radius 3 is 2.54 bits per heavy atom. The number of nitrogens with zero attached hydrogens (tertiary/aromatic N) is 7. The molecular formula is C23H20F2N8O4S2. The van der Waals surface area contributed by atoms with E-state index in [9.17, 15) is 22.5 Å². The minimum absolute atomic E-state index is 0.0809. The summed E-state index contributed by atoms with van der Waals surface area (Å²) in [6.45, 7) is 2.08. The topological polar surface area (TPSA) is 148 Å². The molecule has 7 rings (SSSR count). The van der Waals surface area contributed by atoms with Crippen LogP contribution in [0.5, 0.6) is 0 Å². The van der Waals surface area contributed by atoms with E-state index in [4.69, 9.17) is 9.47 Å². The third-order valence-electron chi connectivity index (χ3n) is 7.17. The van der Waals surface area contributed by atoms with Crippen LogP contribution >= 0.6 is 11.3 Å². The smallest absolute Gasteiger partial charge is 0.291 e. The number of hydrogen-bond acceptors (Lipinski definition) is 11. The maximum atomic E-state index is 13.4. The van der Waals surface area contributed by atoms with Crippen LogP contribution in [0.25, 0.3) is 27.1 Å². The molecule has 3 aliphatic rings. The molecule has 3 aromatic heterocycles. The van der Waals surface area contributed by atoms with Gasteiger partial charge in [-0.15, -0.1) is 10.2 Å². The highest BCUT2D eigenvalue weighted by Gasteiger charge is 2.47. The Morgan fingerprint density at radius 2 is 1.90 bits per heavy atom. The summed E-state index contributed by atoms with van der Waals surface area (Å²) in [6, 6.07) is 6.52. The zero-order chi connectivity index (χ0) is 26.9. The molecule has 12 nitrogen and oxygen atoms in total. The summed E-state index contributed by atoms with van der Waals surface area (Å²) in [5, 5.41) is 17.8. The molecule has 2 aliphatic heterocycles. The Bertz CT molecular complexity index is 1750. The first kappa shape index (κ1) is 24.7. The van der Waals surface area contributed by atoms with Gasteiger partial charge < -0.3 is 14.4 Å². The third kappa shape index (κ3) is 4.03. The second kappa shape index (κ2) is 8.83. The average Bonchev–Trinajstić information content (AvgIpc) is 3.26. The van der Waals surface area contributed by atoms with Crippen molar-refractivity contribution in [1.82, 2.24) is 29.5 Å². The maximum Gasteiger partial charge on any atom is 0.291 e. The van der Waals surface area contributed by atoms with E-state index in [-0.39, 0.29) is 22.2 Å². The highest BCUT2D eigenvalue weighted by molar-refractivity contribution is 7.89. The molecule has 16 heteroatoms. The number of benzene rings is 1. The van der Waals surface area contributed by atoms with Crippen LogP contribution in [0.1, 0.15) is 24.3 Å². The van der Waals surface area contributed by atoms with Gasteiger partial charge in [-0.3, -0.25) is 4.57 Å². The average molecular weight is 575 g/mol. The summed E-state index contributed by atoms with van der Waals surface area (Å²) in [5.74, 6) is 0.582. The molecule has 2 atom stereocenters. The molecule has 5 heterocycles. The first-order chi connectivity index (χ1) is 18.8. The lowest BCUT2D eigenvalue weighted by atomic mass is 10.2. The van der Waals surface area contributed by atoms with Crippen molar-refractivity contribution in [1.29, 1.82) is 5.26 Å². The fraction of sp³-hybridized carbons (Fsp3) is 0.435. The fourth-order valence-electron chi connectivity index (χ4n) is 5.12. The minimum atomic E-state index is -4.06. The van der Waals surface area contributed by atoms with Crippen molar-refractivity contribution < 1.29 is 26.7 Å². The Labute approximate surface area is 224 Å². The number of alkyl halides is 2. The van der Waals surface area contributed by atoms with Crippen LogP contribution in [-0.4, -0.2) is 77.2 Å². The van der Waals surface area contributed by atoms with Gasteiger partial charge in [-0.05, 0) is 25.0 Å². The van der Waals surface area contributed by atoms with E-state index < -0.39 is 27.0 Å². The second-order valence-corrected chi connectivity index (χ2v) is 12.3. The Morgan fingerprint density at radius 1 is 1.15 bits per heavy atom. The van der Waals surface area contributed by atoms with E-state index in [0.29, 0.717) is 78.2 Å². The van der Waals surface area contributed by atoms with E-state index in [2.05, 4.69) is 24.9 Å². The van der Waals surface area contributed by atoms with E-state index in [1.807, 2.05) is 11.0 Å². The summed E-state index contributed by atoms with van der Waals surface area (Å²) >= 11 is 0.688. The van der Waals surface area contributed by atoms with Crippen LogP contribution in [0.15, 0.2) is 29.4 Å². The number of hydrogen-bond donors (Lipinski definition) is 1. The zero-order valence-electron chi connectivity index (χ0n) is 20.1. The van der Waals surface area contributed by atoms with Crippen LogP contribution in [-0.2, 0) is 19.5 Å². The van der Waals surface area contributed by atoms with Crippen molar-refractivity contribution in [2.75, 3.05) is 31.2 Å². The first-order valence-corrected chi connectivity index (χ1v) is 14.4. The molecule has 0 radical (unpaired) electrons. The van der Waals surface area contributed by atoms with Crippen molar-refractivity contribution >= 4 is 49.1 Å². The van der Waals surface area contributed by atoms with Gasteiger partial charge in [0.15, 0.2) is 10.7 Å². The number of aromatic nitrogens is 5. The van der Waals surface area contributed by atoms with Crippen molar-refractivity contribution in [3.8, 4) is 11.2 Å². The van der Waals surface area contributed by atoms with E-state index >= 15 is 0 Å². The van der Waals surface area contributed by atoms with Crippen LogP contribution < -0.4 is 9.62 Å². The molecule has 39 heavy (non-hydrogen) atoms. The normalized spacial score (nSPS) is 22.5. The summed E-state index contributed by atoms with van der Waals surface area (Å²) in [5.41, 5.74) is -0.374. The van der Waals surface area contributed by atoms with Gasteiger partial charge in [-0.1, -0.05) is 17.4 Å². The van der Waals surface area contributed by atoms with Crippen molar-refractivity contribution in [2.45, 2.75) is 41.9 Å². The van der Waals surface area contributed by atoms with Gasteiger partial charge in [-0.2, -0.15) is 9.98 Å². The molecule has 1 aromatic carbocycles. The number of sulfonamides is 1. The molecule has 4 aromatic rings. The van der Waals surface area contributed by atoms with Crippen molar-refractivity contribution in [3.63, 3.8) is 0 Å². The number of ether oxygens (including phenoxy) is 2. The summed E-state index contributed by atoms with van der Waals surface area (Å²) in [7, 11) is -4.06. The largest absolute Gasteiger partial charge is 0.371 e. The van der Waals surface area contributed by atoms with Crippen LogP contribution in [0.2, 0.25) is 0 Å². The molecule has 3 fully saturated rings. The predicted molar refractivity (Wildman–Crippen MR) is 134 cm³/mol. The summed E-state index contributed by atoms with van der Waals surface area (Å²) < 4.78 is 69.0. The number of halogens is 2. The Hall–Kier alpha value is -3.36. The molecule has 2 unspecified atom stereocenters. The van der Waals surface area contributed by atoms with Gasteiger partial charge in [0.2, 0.25) is 15.2 Å². The summed E-state index contributed by atoms with van der Waals surface area (Å²) in [6.07, 6.45) is -0.830. The molecule has 1 aliphatic carbocycles. The zero-order valence-corrected chi connectivity index (χ0v) is 21.8. The van der Waals surface area contributed by atoms with Gasteiger partial charge in [0.25, 0.3) is 6.43 Å². The van der Waals surface area contributed by atoms with E-state index in [1.54, 1.807) is 6.07 Å². The number of nitrogens with one attached hydrogen (secondary N) is 1. The standard InChI is InChI=1S/C23H20F2N8O4S2/c24-18(25)21-29-30-22(38-21)33-14-7-12(39(34,35)31-23(10-26)3-4-23)1-2-13(14)17-19(27-11-28-20(17)33)32-8-15-16(9-32)37-6-5-36-15/h1-2,7,11,15-16,18,31H,3-6,8-9H2. The molecule has 1 N–H and O–H groups in total. The van der Waals surface area contributed by atoms with Crippen molar-refractivity contribution in [2.24, 2.45) is 0 Å². The highest BCUT2D eigenvalue weighted by atomic mass is 32.2. The molecule has 0 bridgehead atoms. The van der Waals surface area contributed by atoms with Crippen molar-refractivity contribution in [3.05, 3.63) is 29.5 Å². The van der Waals surface area contributed by atoms with E-state index in [1.165, 1.54) is 23.0 Å². The third-order valence-corrected chi connectivity index (χ3v) is 9.62. The molecule has 0 amide bonds. The predicted octanol–water partition coefficient (Wildman–Crippen LogP) is 2.30. The number of fused-ring (bicyclic) bond motifs is 4. The van der Waals surface area contributed by atoms with Crippen LogP contribution in [0.3, 0.4) is 0 Å². The Balaban J connectivity index is 1.42. The Kier molecular flexibility index (Phi) is 5.58. The summed E-state index contributed by atoms with van der Waals surface area (Å²) in [4.78, 5) is 10.9. The second-order valence-electron chi connectivity index (χ2n) is 9.66. The molecule has 202 valence electrons. The number of rotatable bonds is 6. The first-order valence-electron chi connectivity index (χ1n) is 12.1. The molecular weight excluding hydrogens is 554 g/mol. The molecule has 1 saturated carbocycles. The number of nitriles is 1. The lowest BCUT2D eigenvalue weighted by Gasteiger charge is -2.24. The quantitative estimate of drug-likeness (QED) is 0.364. The fourth-order valence-corrected chi connectivity index (χ4v) is 7.23. The van der Waals surface area contributed by atoms with E-state index in [0.717, 1.165) is 0 Å². The SMILES string of the molecule is N#CC1(NS(=O)(=O)c2ccc3c4c(N5CC6OCCOC6C5)ncnc4n(-c4nnc(C(F)F)s4)c3c2)CC1.